The van der Waals surface area contributed by atoms with Crippen molar-refractivity contribution >= 4 is 22.8 Å². The quantitative estimate of drug-likeness (QED) is 0.522. The Balaban J connectivity index is 1.52. The van der Waals surface area contributed by atoms with Crippen molar-refractivity contribution in [1.29, 1.82) is 0 Å². The average Bonchev–Trinajstić information content (AvgIpc) is 3.14. The van der Waals surface area contributed by atoms with Crippen LogP contribution in [0.25, 0.3) is 22.7 Å². The van der Waals surface area contributed by atoms with E-state index in [0.29, 0.717) is 28.6 Å². The lowest BCUT2D eigenvalue weighted by Crippen LogP contribution is -2.42. The Morgan fingerprint density at radius 3 is 2.59 bits per heavy atom. The summed E-state index contributed by atoms with van der Waals surface area (Å²) in [6.07, 6.45) is 1.68. The molecule has 0 spiro atoms. The van der Waals surface area contributed by atoms with Crippen LogP contribution in [0.2, 0.25) is 0 Å². The highest BCUT2D eigenvalue weighted by molar-refractivity contribution is 5.97. The van der Waals surface area contributed by atoms with Crippen LogP contribution in [-0.4, -0.2) is 21.5 Å². The standard InChI is InChI=1S/C23H21N3O3/c1-15-14-16(21-26-20-19(28-21)10-7-13-24-20)11-12-18(15)25-22(27)23(2,3)29-17-8-5-4-6-9-17/h4-14H,1-3H3,(H,25,27). The Morgan fingerprint density at radius 1 is 1.07 bits per heavy atom. The number of rotatable bonds is 5. The molecule has 2 heterocycles. The normalized spacial score (nSPS) is 11.4. The van der Waals surface area contributed by atoms with Crippen LogP contribution in [-0.2, 0) is 4.79 Å². The molecule has 4 rings (SSSR count). The fourth-order valence-electron chi connectivity index (χ4n) is 2.93. The van der Waals surface area contributed by atoms with E-state index < -0.39 is 5.60 Å². The molecule has 2 aromatic heterocycles. The molecule has 2 aromatic carbocycles. The molecule has 0 bridgehead atoms. The van der Waals surface area contributed by atoms with Gasteiger partial charge in [-0.1, -0.05) is 18.2 Å². The summed E-state index contributed by atoms with van der Waals surface area (Å²) >= 11 is 0. The van der Waals surface area contributed by atoms with Gasteiger partial charge >= 0.3 is 0 Å². The van der Waals surface area contributed by atoms with Crippen LogP contribution in [0.3, 0.4) is 0 Å². The molecule has 29 heavy (non-hydrogen) atoms. The molecule has 0 unspecified atom stereocenters. The molecule has 6 nitrogen and oxygen atoms in total. The minimum atomic E-state index is -1.03. The zero-order chi connectivity index (χ0) is 20.4. The topological polar surface area (TPSA) is 77.3 Å². The second-order valence-corrected chi connectivity index (χ2v) is 7.25. The van der Waals surface area contributed by atoms with Gasteiger partial charge in [-0.3, -0.25) is 4.79 Å². The average molecular weight is 387 g/mol. The van der Waals surface area contributed by atoms with Gasteiger partial charge in [-0.25, -0.2) is 4.98 Å². The number of carbonyl (C=O) groups is 1. The monoisotopic (exact) mass is 387 g/mol. The summed E-state index contributed by atoms with van der Waals surface area (Å²) in [5, 5.41) is 2.95. The van der Waals surface area contributed by atoms with E-state index in [-0.39, 0.29) is 5.91 Å². The summed E-state index contributed by atoms with van der Waals surface area (Å²) in [7, 11) is 0. The fraction of sp³-hybridized carbons (Fsp3) is 0.174. The highest BCUT2D eigenvalue weighted by atomic mass is 16.5. The van der Waals surface area contributed by atoms with E-state index in [4.69, 9.17) is 9.15 Å². The lowest BCUT2D eigenvalue weighted by molar-refractivity contribution is -0.128. The van der Waals surface area contributed by atoms with Gasteiger partial charge < -0.3 is 14.5 Å². The van der Waals surface area contributed by atoms with Crippen molar-refractivity contribution in [1.82, 2.24) is 9.97 Å². The molecular formula is C23H21N3O3. The number of aryl methyl sites for hydroxylation is 1. The molecule has 0 atom stereocenters. The van der Waals surface area contributed by atoms with Gasteiger partial charge in [-0.05, 0) is 68.8 Å². The maximum Gasteiger partial charge on any atom is 0.267 e. The van der Waals surface area contributed by atoms with Gasteiger partial charge in [0.15, 0.2) is 16.8 Å². The van der Waals surface area contributed by atoms with Crippen LogP contribution in [0.5, 0.6) is 5.75 Å². The zero-order valence-corrected chi connectivity index (χ0v) is 16.5. The van der Waals surface area contributed by atoms with Crippen molar-refractivity contribution in [3.8, 4) is 17.2 Å². The van der Waals surface area contributed by atoms with E-state index in [9.17, 15) is 4.79 Å². The summed E-state index contributed by atoms with van der Waals surface area (Å²) in [5.41, 5.74) is 2.59. The predicted molar refractivity (Wildman–Crippen MR) is 112 cm³/mol. The molecule has 1 amide bonds. The fourth-order valence-corrected chi connectivity index (χ4v) is 2.93. The molecule has 0 aliphatic carbocycles. The Hall–Kier alpha value is -3.67. The Morgan fingerprint density at radius 2 is 1.86 bits per heavy atom. The third-order valence-electron chi connectivity index (χ3n) is 4.55. The van der Waals surface area contributed by atoms with Crippen LogP contribution < -0.4 is 10.1 Å². The van der Waals surface area contributed by atoms with Gasteiger partial charge in [0.1, 0.15) is 5.75 Å². The number of ether oxygens (including phenoxy) is 1. The van der Waals surface area contributed by atoms with E-state index in [1.165, 1.54) is 0 Å². The van der Waals surface area contributed by atoms with Crippen molar-refractivity contribution in [2.45, 2.75) is 26.4 Å². The van der Waals surface area contributed by atoms with E-state index >= 15 is 0 Å². The first-order valence-electron chi connectivity index (χ1n) is 9.30. The number of carbonyl (C=O) groups excluding carboxylic acids is 1. The summed E-state index contributed by atoms with van der Waals surface area (Å²) in [6, 6.07) is 18.5. The van der Waals surface area contributed by atoms with E-state index in [1.807, 2.05) is 61.5 Å². The third-order valence-corrected chi connectivity index (χ3v) is 4.55. The number of hydrogen-bond acceptors (Lipinski definition) is 5. The highest BCUT2D eigenvalue weighted by Gasteiger charge is 2.30. The largest absolute Gasteiger partial charge is 0.478 e. The molecular weight excluding hydrogens is 366 g/mol. The van der Waals surface area contributed by atoms with Gasteiger partial charge in [-0.15, -0.1) is 0 Å². The summed E-state index contributed by atoms with van der Waals surface area (Å²) in [5.74, 6) is 0.903. The van der Waals surface area contributed by atoms with E-state index in [0.717, 1.165) is 11.1 Å². The maximum absolute atomic E-state index is 12.8. The van der Waals surface area contributed by atoms with Gasteiger partial charge in [-0.2, -0.15) is 4.98 Å². The van der Waals surface area contributed by atoms with Crippen molar-refractivity contribution in [3.05, 3.63) is 72.4 Å². The SMILES string of the molecule is Cc1cc(-c2nc3ncccc3o2)ccc1NC(=O)C(C)(C)Oc1ccccc1. The smallest absolute Gasteiger partial charge is 0.267 e. The number of pyridine rings is 1. The lowest BCUT2D eigenvalue weighted by Gasteiger charge is -2.25. The summed E-state index contributed by atoms with van der Waals surface area (Å²) < 4.78 is 11.6. The second-order valence-electron chi connectivity index (χ2n) is 7.25. The van der Waals surface area contributed by atoms with Crippen LogP contribution in [0.15, 0.2) is 71.3 Å². The summed E-state index contributed by atoms with van der Waals surface area (Å²) in [4.78, 5) is 21.4. The molecule has 6 heteroatoms. The molecule has 4 aromatic rings. The number of anilines is 1. The van der Waals surface area contributed by atoms with Gasteiger partial charge in [0.25, 0.3) is 5.91 Å². The second kappa shape index (κ2) is 7.39. The number of hydrogen-bond donors (Lipinski definition) is 1. The Kier molecular flexibility index (Phi) is 4.76. The Labute approximate surface area is 168 Å². The number of nitrogens with one attached hydrogen (secondary N) is 1. The maximum atomic E-state index is 12.8. The zero-order valence-electron chi connectivity index (χ0n) is 16.5. The van der Waals surface area contributed by atoms with Crippen molar-refractivity contribution in [3.63, 3.8) is 0 Å². The molecule has 0 saturated carbocycles. The number of para-hydroxylation sites is 1. The number of nitrogens with zero attached hydrogens (tertiary/aromatic N) is 2. The predicted octanol–water partition coefficient (Wildman–Crippen LogP) is 4.99. The number of oxazole rings is 1. The molecule has 0 radical (unpaired) electrons. The van der Waals surface area contributed by atoms with Gasteiger partial charge in [0.2, 0.25) is 5.89 Å². The van der Waals surface area contributed by atoms with Gasteiger partial charge in [0.05, 0.1) is 0 Å². The van der Waals surface area contributed by atoms with E-state index in [2.05, 4.69) is 15.3 Å². The van der Waals surface area contributed by atoms with Crippen molar-refractivity contribution < 1.29 is 13.9 Å². The molecule has 0 fully saturated rings. The first-order valence-corrected chi connectivity index (χ1v) is 9.30. The van der Waals surface area contributed by atoms with Crippen LogP contribution in [0.4, 0.5) is 5.69 Å². The van der Waals surface area contributed by atoms with Crippen LogP contribution >= 0.6 is 0 Å². The number of benzene rings is 2. The first-order chi connectivity index (χ1) is 13.9. The molecule has 0 aliphatic heterocycles. The molecule has 0 saturated heterocycles. The van der Waals surface area contributed by atoms with Crippen LogP contribution in [0, 0.1) is 6.92 Å². The highest BCUT2D eigenvalue weighted by Crippen LogP contribution is 2.27. The third kappa shape index (κ3) is 3.96. The van der Waals surface area contributed by atoms with Crippen molar-refractivity contribution in [2.75, 3.05) is 5.32 Å². The Bertz CT molecular complexity index is 1130. The number of amides is 1. The first kappa shape index (κ1) is 18.7. The van der Waals surface area contributed by atoms with Crippen molar-refractivity contribution in [2.24, 2.45) is 0 Å². The molecule has 0 aliphatic rings. The van der Waals surface area contributed by atoms with Crippen LogP contribution in [0.1, 0.15) is 19.4 Å². The summed E-state index contributed by atoms with van der Waals surface area (Å²) in [6.45, 7) is 5.40. The van der Waals surface area contributed by atoms with E-state index in [1.54, 1.807) is 26.1 Å². The number of fused-ring (bicyclic) bond motifs is 1. The molecule has 146 valence electrons. The van der Waals surface area contributed by atoms with Gasteiger partial charge in [0, 0.05) is 17.4 Å². The number of aromatic nitrogens is 2. The minimum absolute atomic E-state index is 0.233. The molecule has 1 N–H and O–H groups in total. The lowest BCUT2D eigenvalue weighted by atomic mass is 10.1. The minimum Gasteiger partial charge on any atom is -0.478 e.